The summed E-state index contributed by atoms with van der Waals surface area (Å²) in [6.45, 7) is 1.60. The molecule has 3 unspecified atom stereocenters. The fourth-order valence-corrected chi connectivity index (χ4v) is 4.24. The fourth-order valence-electron chi connectivity index (χ4n) is 3.97. The summed E-state index contributed by atoms with van der Waals surface area (Å²) < 4.78 is 1.10. The summed E-state index contributed by atoms with van der Waals surface area (Å²) in [5.41, 5.74) is 4.73. The Morgan fingerprint density at radius 3 is 2.68 bits per heavy atom. The van der Waals surface area contributed by atoms with Crippen LogP contribution in [0.2, 0.25) is 0 Å². The lowest BCUT2D eigenvalue weighted by molar-refractivity contribution is -0.116. The molecule has 1 aliphatic heterocycles. The molecule has 128 valence electrons. The van der Waals surface area contributed by atoms with Crippen molar-refractivity contribution >= 4 is 33.2 Å². The highest BCUT2D eigenvalue weighted by Gasteiger charge is 2.38. The van der Waals surface area contributed by atoms with Gasteiger partial charge in [-0.1, -0.05) is 40.2 Å². The number of nitrogens with zero attached hydrogens (tertiary/aromatic N) is 1. The van der Waals surface area contributed by atoms with Crippen LogP contribution in [-0.2, 0) is 4.79 Å². The number of carbonyl (C=O) groups excluding carboxylic acids is 1. The number of hydrogen-bond donors (Lipinski definition) is 1. The molecule has 1 N–H and O–H groups in total. The summed E-state index contributed by atoms with van der Waals surface area (Å²) >= 11 is 3.52. The maximum Gasteiger partial charge on any atom is 0.223 e. The number of fused-ring (bicyclic) bond motifs is 3. The van der Waals surface area contributed by atoms with Crippen LogP contribution in [0.3, 0.4) is 0 Å². The van der Waals surface area contributed by atoms with Gasteiger partial charge in [-0.3, -0.25) is 4.79 Å². The molecule has 0 saturated heterocycles. The first-order chi connectivity index (χ1) is 12.0. The molecule has 1 aliphatic carbocycles. The predicted molar refractivity (Wildman–Crippen MR) is 106 cm³/mol. The van der Waals surface area contributed by atoms with Gasteiger partial charge in [-0.15, -0.1) is 0 Å². The zero-order valence-electron chi connectivity index (χ0n) is 14.4. The normalized spacial score (nSPS) is 23.6. The topological polar surface area (TPSA) is 32.3 Å². The molecular formula is C21H21BrN2O. The Morgan fingerprint density at radius 2 is 1.96 bits per heavy atom. The number of benzene rings is 2. The maximum atomic E-state index is 11.7. The Bertz CT molecular complexity index is 843. The van der Waals surface area contributed by atoms with Crippen LogP contribution in [0.5, 0.6) is 0 Å². The molecule has 0 fully saturated rings. The average molecular weight is 397 g/mol. The highest BCUT2D eigenvalue weighted by molar-refractivity contribution is 9.10. The number of halogens is 1. The molecule has 0 radical (unpaired) electrons. The van der Waals surface area contributed by atoms with Crippen molar-refractivity contribution in [3.63, 3.8) is 0 Å². The van der Waals surface area contributed by atoms with Crippen LogP contribution < -0.4 is 10.2 Å². The zero-order valence-corrected chi connectivity index (χ0v) is 16.0. The molecule has 1 heterocycles. The van der Waals surface area contributed by atoms with Crippen molar-refractivity contribution in [2.75, 3.05) is 17.3 Å². The second-order valence-corrected chi connectivity index (χ2v) is 7.79. The van der Waals surface area contributed by atoms with E-state index in [1.807, 2.05) is 13.1 Å². The molecule has 0 bridgehead atoms. The molecule has 2 aromatic carbocycles. The molecule has 3 nitrogen and oxygen atoms in total. The van der Waals surface area contributed by atoms with Crippen LogP contribution in [-0.4, -0.2) is 13.0 Å². The van der Waals surface area contributed by atoms with E-state index in [1.165, 1.54) is 16.8 Å². The monoisotopic (exact) mass is 396 g/mol. The summed E-state index contributed by atoms with van der Waals surface area (Å²) in [4.78, 5) is 13.4. The maximum absolute atomic E-state index is 11.7. The Balaban J connectivity index is 1.73. The van der Waals surface area contributed by atoms with E-state index in [2.05, 4.69) is 69.8 Å². The van der Waals surface area contributed by atoms with Gasteiger partial charge >= 0.3 is 0 Å². The molecule has 0 spiro atoms. The third-order valence-electron chi connectivity index (χ3n) is 5.44. The second-order valence-electron chi connectivity index (χ2n) is 6.88. The molecule has 3 atom stereocenters. The van der Waals surface area contributed by atoms with Gasteiger partial charge in [0, 0.05) is 35.7 Å². The number of hydrogen-bond acceptors (Lipinski definition) is 2. The van der Waals surface area contributed by atoms with Gasteiger partial charge < -0.3 is 10.2 Å². The first-order valence-corrected chi connectivity index (χ1v) is 9.41. The Hall–Kier alpha value is -2.07. The van der Waals surface area contributed by atoms with Gasteiger partial charge in [0.05, 0.1) is 6.04 Å². The van der Waals surface area contributed by atoms with Gasteiger partial charge in [-0.25, -0.2) is 0 Å². The molecular weight excluding hydrogens is 376 g/mol. The van der Waals surface area contributed by atoms with Crippen molar-refractivity contribution in [3.05, 3.63) is 70.2 Å². The summed E-state index contributed by atoms with van der Waals surface area (Å²) in [6.07, 6.45) is 5.69. The largest absolute Gasteiger partial charge is 0.378 e. The van der Waals surface area contributed by atoms with Gasteiger partial charge in [0.1, 0.15) is 0 Å². The number of carbonyl (C=O) groups is 1. The number of rotatable bonds is 2. The fraction of sp³-hybridized carbons (Fsp3) is 0.286. The molecule has 2 aromatic rings. The number of nitrogens with one attached hydrogen (secondary N) is 1. The lowest BCUT2D eigenvalue weighted by Gasteiger charge is -2.38. The van der Waals surface area contributed by atoms with Crippen LogP contribution in [0.1, 0.15) is 36.4 Å². The van der Waals surface area contributed by atoms with Crippen LogP contribution in [0.15, 0.2) is 59.1 Å². The quantitative estimate of drug-likeness (QED) is 0.702. The summed E-state index contributed by atoms with van der Waals surface area (Å²) in [7, 11) is 1.83. The van der Waals surface area contributed by atoms with Crippen molar-refractivity contribution in [1.82, 2.24) is 0 Å². The zero-order chi connectivity index (χ0) is 17.6. The van der Waals surface area contributed by atoms with Gasteiger partial charge in [0.2, 0.25) is 5.91 Å². The van der Waals surface area contributed by atoms with Gasteiger partial charge in [0.15, 0.2) is 0 Å². The molecule has 4 rings (SSSR count). The summed E-state index contributed by atoms with van der Waals surface area (Å²) in [6, 6.07) is 15.2. The smallest absolute Gasteiger partial charge is 0.223 e. The molecule has 25 heavy (non-hydrogen) atoms. The number of amides is 1. The van der Waals surface area contributed by atoms with Crippen molar-refractivity contribution < 1.29 is 4.79 Å². The van der Waals surface area contributed by atoms with E-state index in [1.54, 1.807) is 11.8 Å². The third-order valence-corrected chi connectivity index (χ3v) is 5.96. The van der Waals surface area contributed by atoms with E-state index in [0.29, 0.717) is 17.9 Å². The third kappa shape index (κ3) is 2.89. The van der Waals surface area contributed by atoms with Crippen LogP contribution in [0, 0.1) is 5.92 Å². The second kappa shape index (κ2) is 6.34. The van der Waals surface area contributed by atoms with E-state index >= 15 is 0 Å². The lowest BCUT2D eigenvalue weighted by atomic mass is 9.77. The SMILES string of the molecule is CC(=O)N(C)c1ccc2c(c1)C1C=CCC1C(c1ccc(Br)cc1)N2. The average Bonchev–Trinajstić information content (AvgIpc) is 3.10. The molecule has 4 heteroatoms. The standard InChI is InChI=1S/C21H21BrN2O/c1-13(25)24(2)16-10-11-20-19(12-16)17-4-3-5-18(17)21(23-20)14-6-8-15(22)9-7-14/h3-4,6-12,17-18,21,23H,5H2,1-2H3. The Kier molecular flexibility index (Phi) is 4.16. The highest BCUT2D eigenvalue weighted by Crippen LogP contribution is 2.50. The number of anilines is 2. The van der Waals surface area contributed by atoms with E-state index in [9.17, 15) is 4.79 Å². The van der Waals surface area contributed by atoms with Crippen molar-refractivity contribution in [3.8, 4) is 0 Å². The van der Waals surface area contributed by atoms with Gasteiger partial charge in [-0.05, 0) is 53.8 Å². The van der Waals surface area contributed by atoms with Crippen LogP contribution >= 0.6 is 15.9 Å². The van der Waals surface area contributed by atoms with Crippen LogP contribution in [0.25, 0.3) is 0 Å². The van der Waals surface area contributed by atoms with Crippen molar-refractivity contribution in [1.29, 1.82) is 0 Å². The molecule has 0 saturated carbocycles. The minimum absolute atomic E-state index is 0.0509. The van der Waals surface area contributed by atoms with Gasteiger partial charge in [-0.2, -0.15) is 0 Å². The first-order valence-electron chi connectivity index (χ1n) is 8.61. The van der Waals surface area contributed by atoms with Gasteiger partial charge in [0.25, 0.3) is 0 Å². The van der Waals surface area contributed by atoms with E-state index < -0.39 is 0 Å². The number of allylic oxidation sites excluding steroid dienone is 2. The van der Waals surface area contributed by atoms with E-state index in [4.69, 9.17) is 0 Å². The molecule has 0 aromatic heterocycles. The summed E-state index contributed by atoms with van der Waals surface area (Å²) in [5, 5.41) is 3.74. The molecule has 2 aliphatic rings. The van der Waals surface area contributed by atoms with Crippen LogP contribution in [0.4, 0.5) is 11.4 Å². The first kappa shape index (κ1) is 16.4. The highest BCUT2D eigenvalue weighted by atomic mass is 79.9. The predicted octanol–water partition coefficient (Wildman–Crippen LogP) is 5.26. The lowest BCUT2D eigenvalue weighted by Crippen LogP contribution is -2.29. The Labute approximate surface area is 156 Å². The Morgan fingerprint density at radius 1 is 1.20 bits per heavy atom. The van der Waals surface area contributed by atoms with Crippen molar-refractivity contribution in [2.24, 2.45) is 5.92 Å². The van der Waals surface area contributed by atoms with Crippen molar-refractivity contribution in [2.45, 2.75) is 25.3 Å². The minimum atomic E-state index is 0.0509. The minimum Gasteiger partial charge on any atom is -0.378 e. The van der Waals surface area contributed by atoms with E-state index in [0.717, 1.165) is 16.6 Å². The summed E-state index contributed by atoms with van der Waals surface area (Å²) in [5.74, 6) is 0.951. The van der Waals surface area contributed by atoms with E-state index in [-0.39, 0.29) is 5.91 Å². The molecule has 1 amide bonds.